The number of nitrogens with two attached hydrogens (primary N) is 1. The van der Waals surface area contributed by atoms with Crippen LogP contribution < -0.4 is 10.5 Å². The summed E-state index contributed by atoms with van der Waals surface area (Å²) in [4.78, 5) is 2.41. The molecule has 2 aromatic carbocycles. The first-order valence-electron chi connectivity index (χ1n) is 7.07. The molecule has 0 unspecified atom stereocenters. The van der Waals surface area contributed by atoms with Gasteiger partial charge in [-0.2, -0.15) is 0 Å². The largest absolute Gasteiger partial charge is 0.494 e. The van der Waals surface area contributed by atoms with Crippen LogP contribution in [-0.4, -0.2) is 6.61 Å². The third kappa shape index (κ3) is 2.93. The zero-order valence-corrected chi connectivity index (χ0v) is 12.5. The van der Waals surface area contributed by atoms with Crippen LogP contribution in [0.5, 0.6) is 5.75 Å². The van der Waals surface area contributed by atoms with Crippen molar-refractivity contribution in [2.24, 2.45) is 0 Å². The van der Waals surface area contributed by atoms with E-state index in [1.807, 2.05) is 19.1 Å². The molecule has 3 rings (SSSR count). The Morgan fingerprint density at radius 2 is 1.90 bits per heavy atom. The number of ether oxygens (including phenoxy) is 1. The van der Waals surface area contributed by atoms with Gasteiger partial charge in [-0.3, -0.25) is 0 Å². The van der Waals surface area contributed by atoms with Gasteiger partial charge in [-0.1, -0.05) is 17.8 Å². The average Bonchev–Trinajstić information content (AvgIpc) is 2.85. The third-order valence-corrected chi connectivity index (χ3v) is 4.48. The molecular weight excluding hydrogens is 266 g/mol. The van der Waals surface area contributed by atoms with Crippen LogP contribution in [0.4, 0.5) is 5.69 Å². The fourth-order valence-electron chi connectivity index (χ4n) is 2.65. The Hall–Kier alpha value is -1.61. The molecule has 2 nitrogen and oxygen atoms in total. The van der Waals surface area contributed by atoms with Crippen molar-refractivity contribution in [3.8, 4) is 5.75 Å². The minimum Gasteiger partial charge on any atom is -0.494 e. The number of aryl methyl sites for hydroxylation is 2. The minimum atomic E-state index is 0.659. The van der Waals surface area contributed by atoms with Gasteiger partial charge in [0.2, 0.25) is 0 Å². The molecule has 0 spiro atoms. The normalized spacial score (nSPS) is 13.2. The first kappa shape index (κ1) is 13.4. The molecule has 1 aliphatic carbocycles. The van der Waals surface area contributed by atoms with Crippen molar-refractivity contribution >= 4 is 17.4 Å². The molecule has 0 atom stereocenters. The van der Waals surface area contributed by atoms with Gasteiger partial charge in [-0.25, -0.2) is 0 Å². The van der Waals surface area contributed by atoms with Crippen molar-refractivity contribution in [3.05, 3.63) is 47.5 Å². The van der Waals surface area contributed by atoms with E-state index in [0.717, 1.165) is 16.3 Å². The number of anilines is 1. The van der Waals surface area contributed by atoms with Crippen LogP contribution in [0.15, 0.2) is 46.2 Å². The lowest BCUT2D eigenvalue weighted by molar-refractivity contribution is 0.339. The molecule has 0 radical (unpaired) electrons. The zero-order valence-electron chi connectivity index (χ0n) is 11.7. The first-order valence-corrected chi connectivity index (χ1v) is 7.89. The van der Waals surface area contributed by atoms with Crippen LogP contribution in [-0.2, 0) is 12.8 Å². The zero-order chi connectivity index (χ0) is 13.9. The van der Waals surface area contributed by atoms with E-state index >= 15 is 0 Å². The Balaban J connectivity index is 1.83. The maximum Gasteiger partial charge on any atom is 0.122 e. The monoisotopic (exact) mass is 285 g/mol. The summed E-state index contributed by atoms with van der Waals surface area (Å²) < 4.78 is 5.55. The van der Waals surface area contributed by atoms with Crippen molar-refractivity contribution in [1.82, 2.24) is 0 Å². The van der Waals surface area contributed by atoms with E-state index in [0.29, 0.717) is 6.61 Å². The Bertz CT molecular complexity index is 624. The summed E-state index contributed by atoms with van der Waals surface area (Å²) in [7, 11) is 0. The van der Waals surface area contributed by atoms with Crippen LogP contribution in [0.1, 0.15) is 24.5 Å². The summed E-state index contributed by atoms with van der Waals surface area (Å²) in [6.45, 7) is 2.64. The molecular formula is C17H19NOS. The predicted molar refractivity (Wildman–Crippen MR) is 84.6 cm³/mol. The lowest BCUT2D eigenvalue weighted by atomic mass is 10.1. The van der Waals surface area contributed by atoms with Crippen LogP contribution >= 0.6 is 11.8 Å². The lowest BCUT2D eigenvalue weighted by Gasteiger charge is -2.09. The van der Waals surface area contributed by atoms with Gasteiger partial charge in [0.1, 0.15) is 5.75 Å². The molecule has 20 heavy (non-hydrogen) atoms. The fourth-order valence-corrected chi connectivity index (χ4v) is 3.63. The molecule has 104 valence electrons. The van der Waals surface area contributed by atoms with Gasteiger partial charge in [-0.05, 0) is 61.6 Å². The topological polar surface area (TPSA) is 35.2 Å². The van der Waals surface area contributed by atoms with Crippen molar-refractivity contribution in [3.63, 3.8) is 0 Å². The van der Waals surface area contributed by atoms with Gasteiger partial charge in [-0.15, -0.1) is 0 Å². The summed E-state index contributed by atoms with van der Waals surface area (Å²) >= 11 is 1.75. The number of hydrogen-bond acceptors (Lipinski definition) is 3. The maximum atomic E-state index is 5.94. The smallest absolute Gasteiger partial charge is 0.122 e. The van der Waals surface area contributed by atoms with Gasteiger partial charge >= 0.3 is 0 Å². The molecule has 0 fully saturated rings. The molecule has 2 N–H and O–H groups in total. The minimum absolute atomic E-state index is 0.659. The second-order valence-electron chi connectivity index (χ2n) is 5.06. The van der Waals surface area contributed by atoms with Gasteiger partial charge in [0.05, 0.1) is 6.61 Å². The highest BCUT2D eigenvalue weighted by Crippen LogP contribution is 2.34. The summed E-state index contributed by atoms with van der Waals surface area (Å²) in [5.74, 6) is 0.844. The van der Waals surface area contributed by atoms with E-state index < -0.39 is 0 Å². The first-order chi connectivity index (χ1) is 9.74. The van der Waals surface area contributed by atoms with Crippen molar-refractivity contribution < 1.29 is 4.74 Å². The standard InChI is InChI=1S/C17H19NOS/c1-2-19-15-9-14(18)10-17(11-15)20-16-7-6-12-4-3-5-13(12)8-16/h6-11H,2-5,18H2,1H3. The summed E-state index contributed by atoms with van der Waals surface area (Å²) in [6, 6.07) is 12.7. The Morgan fingerprint density at radius 1 is 1.05 bits per heavy atom. The fraction of sp³-hybridized carbons (Fsp3) is 0.294. The molecule has 0 saturated carbocycles. The molecule has 3 heteroatoms. The second kappa shape index (κ2) is 5.80. The molecule has 0 aromatic heterocycles. The molecule has 0 aliphatic heterocycles. The molecule has 0 saturated heterocycles. The number of hydrogen-bond donors (Lipinski definition) is 1. The molecule has 0 heterocycles. The quantitative estimate of drug-likeness (QED) is 0.850. The average molecular weight is 285 g/mol. The maximum absolute atomic E-state index is 5.94. The Morgan fingerprint density at radius 3 is 2.75 bits per heavy atom. The van der Waals surface area contributed by atoms with Gasteiger partial charge in [0.15, 0.2) is 0 Å². The highest BCUT2D eigenvalue weighted by Gasteiger charge is 2.11. The number of benzene rings is 2. The van der Waals surface area contributed by atoms with Gasteiger partial charge in [0, 0.05) is 21.5 Å². The van der Waals surface area contributed by atoms with Crippen molar-refractivity contribution in [2.75, 3.05) is 12.3 Å². The highest BCUT2D eigenvalue weighted by molar-refractivity contribution is 7.99. The van der Waals surface area contributed by atoms with Crippen LogP contribution in [0.3, 0.4) is 0 Å². The van der Waals surface area contributed by atoms with Gasteiger partial charge < -0.3 is 10.5 Å². The Kier molecular flexibility index (Phi) is 3.88. The van der Waals surface area contributed by atoms with Crippen molar-refractivity contribution in [1.29, 1.82) is 0 Å². The predicted octanol–water partition coefficient (Wildman–Crippen LogP) is 4.31. The lowest BCUT2D eigenvalue weighted by Crippen LogP contribution is -1.93. The van der Waals surface area contributed by atoms with E-state index in [4.69, 9.17) is 10.5 Å². The SMILES string of the molecule is CCOc1cc(N)cc(Sc2ccc3c(c2)CCC3)c1. The van der Waals surface area contributed by atoms with Crippen molar-refractivity contribution in [2.45, 2.75) is 36.0 Å². The summed E-state index contributed by atoms with van der Waals surface area (Å²) in [5.41, 5.74) is 9.70. The Labute approximate surface area is 124 Å². The van der Waals surface area contributed by atoms with Crippen LogP contribution in [0.25, 0.3) is 0 Å². The van der Waals surface area contributed by atoms with E-state index in [9.17, 15) is 0 Å². The highest BCUT2D eigenvalue weighted by atomic mass is 32.2. The van der Waals surface area contributed by atoms with E-state index in [-0.39, 0.29) is 0 Å². The third-order valence-electron chi connectivity index (χ3n) is 3.52. The number of nitrogen functional groups attached to an aromatic ring is 1. The molecule has 2 aromatic rings. The molecule has 1 aliphatic rings. The van der Waals surface area contributed by atoms with E-state index in [1.165, 1.54) is 35.3 Å². The molecule has 0 amide bonds. The second-order valence-corrected chi connectivity index (χ2v) is 6.20. The van der Waals surface area contributed by atoms with Crippen LogP contribution in [0.2, 0.25) is 0 Å². The number of fused-ring (bicyclic) bond motifs is 1. The van der Waals surface area contributed by atoms with Crippen LogP contribution in [0, 0.1) is 0 Å². The summed E-state index contributed by atoms with van der Waals surface area (Å²) in [5, 5.41) is 0. The summed E-state index contributed by atoms with van der Waals surface area (Å²) in [6.07, 6.45) is 3.73. The van der Waals surface area contributed by atoms with Gasteiger partial charge in [0.25, 0.3) is 0 Å². The van der Waals surface area contributed by atoms with E-state index in [2.05, 4.69) is 24.3 Å². The van der Waals surface area contributed by atoms with E-state index in [1.54, 1.807) is 11.8 Å². The number of rotatable bonds is 4. The molecule has 0 bridgehead atoms.